The summed E-state index contributed by atoms with van der Waals surface area (Å²) in [5.41, 5.74) is 7.19. The molecule has 0 saturated heterocycles. The van der Waals surface area contributed by atoms with Crippen LogP contribution >= 0.6 is 0 Å². The molecule has 1 aliphatic heterocycles. The molecule has 238 valence electrons. The number of aryl methyl sites for hydroxylation is 2. The normalized spacial score (nSPS) is 17.7. The Balaban J connectivity index is 1.34. The molecule has 2 N–H and O–H groups in total. The summed E-state index contributed by atoms with van der Waals surface area (Å²) < 4.78 is 31.8. The molecule has 3 aliphatic rings. The average Bonchev–Trinajstić information content (AvgIpc) is 3.90. The van der Waals surface area contributed by atoms with Gasteiger partial charge >= 0.3 is 6.03 Å². The van der Waals surface area contributed by atoms with Crippen LogP contribution in [0.25, 0.3) is 0 Å². The summed E-state index contributed by atoms with van der Waals surface area (Å²) in [7, 11) is -3.77. The summed E-state index contributed by atoms with van der Waals surface area (Å²) in [6.07, 6.45) is 7.31. The van der Waals surface area contributed by atoms with Gasteiger partial charge in [0.1, 0.15) is 16.5 Å². The predicted molar refractivity (Wildman–Crippen MR) is 183 cm³/mol. The second-order valence-electron chi connectivity index (χ2n) is 12.7. The van der Waals surface area contributed by atoms with Crippen molar-refractivity contribution in [2.75, 3.05) is 5.32 Å². The molecule has 8 nitrogen and oxygen atoms in total. The molecular weight excluding hydrogens is 607 g/mol. The fourth-order valence-corrected chi connectivity index (χ4v) is 9.44. The minimum atomic E-state index is -3.77. The van der Waals surface area contributed by atoms with Crippen LogP contribution in [-0.4, -0.2) is 26.1 Å². The number of urea groups is 1. The van der Waals surface area contributed by atoms with Crippen LogP contribution in [0.3, 0.4) is 0 Å². The zero-order chi connectivity index (χ0) is 32.0. The number of rotatable bonds is 7. The quantitative estimate of drug-likeness (QED) is 0.183. The monoisotopic (exact) mass is 643 g/mol. The van der Waals surface area contributed by atoms with Crippen LogP contribution in [-0.2, 0) is 47.7 Å². The maximum atomic E-state index is 15.8. The topological polar surface area (TPSA) is 97.6 Å². The standard InChI is InChI=1S/C38H37N5O3S/c1-26-25-43-36(46-26)34(24-39-43)47(45,41-37(44)40-35-32-21-11-13-27(32)23-28-14-12-22-33(28)35)42-38(29-15-5-2-6-16-29,30-17-7-3-8-18-30)31-19-9-4-10-20-31/h2-10,15-20,23-24,26H,11-14,21-22,25H2,1H3,(H2,40,41,42,44,45)/t26-,47?/m0/s1. The third kappa shape index (κ3) is 5.14. The summed E-state index contributed by atoms with van der Waals surface area (Å²) >= 11 is 0. The highest BCUT2D eigenvalue weighted by Crippen LogP contribution is 2.42. The average molecular weight is 644 g/mol. The molecule has 1 aromatic heterocycles. The van der Waals surface area contributed by atoms with Crippen LogP contribution in [0, 0.1) is 0 Å². The third-order valence-electron chi connectivity index (χ3n) is 9.63. The van der Waals surface area contributed by atoms with Gasteiger partial charge in [-0.05, 0) is 84.4 Å². The molecule has 5 aromatic rings. The summed E-state index contributed by atoms with van der Waals surface area (Å²) in [4.78, 5) is 14.5. The maximum Gasteiger partial charge on any atom is 0.354 e. The number of carbonyl (C=O) groups excluding carboxylic acids is 1. The minimum absolute atomic E-state index is 0.161. The Hall–Kier alpha value is -4.73. The van der Waals surface area contributed by atoms with Crippen LogP contribution in [0.2, 0.25) is 0 Å². The Bertz CT molecular complexity index is 1960. The molecule has 0 bridgehead atoms. The fraction of sp³-hybridized carbons (Fsp3) is 0.263. The number of aromatic nitrogens is 2. The van der Waals surface area contributed by atoms with Crippen LogP contribution in [0.1, 0.15) is 58.7 Å². The van der Waals surface area contributed by atoms with Crippen molar-refractivity contribution in [2.24, 2.45) is 4.36 Å². The summed E-state index contributed by atoms with van der Waals surface area (Å²) in [6, 6.07) is 31.3. The molecule has 2 amide bonds. The molecule has 2 heterocycles. The molecule has 9 heteroatoms. The highest BCUT2D eigenvalue weighted by atomic mass is 32.2. The highest BCUT2D eigenvalue weighted by Gasteiger charge is 2.42. The number of hydrogen-bond acceptors (Lipinski definition) is 4. The molecule has 0 saturated carbocycles. The van der Waals surface area contributed by atoms with Crippen molar-refractivity contribution >= 4 is 21.6 Å². The van der Waals surface area contributed by atoms with Gasteiger partial charge in [0, 0.05) is 5.69 Å². The molecule has 0 spiro atoms. The largest absolute Gasteiger partial charge is 0.472 e. The zero-order valence-electron chi connectivity index (χ0n) is 26.3. The number of ether oxygens (including phenoxy) is 1. The van der Waals surface area contributed by atoms with E-state index in [1.807, 2.05) is 97.9 Å². The lowest BCUT2D eigenvalue weighted by molar-refractivity contribution is 0.248. The summed E-state index contributed by atoms with van der Waals surface area (Å²) in [5.74, 6) is 0.358. The molecule has 8 rings (SSSR count). The first kappa shape index (κ1) is 29.7. The molecule has 4 aromatic carbocycles. The number of nitrogens with zero attached hydrogens (tertiary/aromatic N) is 3. The van der Waals surface area contributed by atoms with Gasteiger partial charge in [0.15, 0.2) is 9.92 Å². The fourth-order valence-electron chi connectivity index (χ4n) is 7.56. The molecule has 0 fully saturated rings. The van der Waals surface area contributed by atoms with Gasteiger partial charge in [0.25, 0.3) is 0 Å². The number of amides is 2. The van der Waals surface area contributed by atoms with Gasteiger partial charge in [-0.15, -0.1) is 4.36 Å². The SMILES string of the molecule is C[C@H]1Cn2ncc(S(=O)(=NC(=O)Nc3c4c(cc5c3CCC5)CCC4)NC(c3ccccc3)(c3ccccc3)c3ccccc3)c2O1. The van der Waals surface area contributed by atoms with Crippen molar-refractivity contribution in [3.8, 4) is 5.88 Å². The van der Waals surface area contributed by atoms with Gasteiger partial charge in [-0.3, -0.25) is 0 Å². The lowest BCUT2D eigenvalue weighted by atomic mass is 9.78. The van der Waals surface area contributed by atoms with Crippen molar-refractivity contribution in [3.05, 3.63) is 142 Å². The van der Waals surface area contributed by atoms with E-state index in [-0.39, 0.29) is 11.0 Å². The lowest BCUT2D eigenvalue weighted by Crippen LogP contribution is -2.48. The second-order valence-corrected chi connectivity index (χ2v) is 14.5. The first-order chi connectivity index (χ1) is 22.9. The first-order valence-electron chi connectivity index (χ1n) is 16.4. The number of anilines is 1. The van der Waals surface area contributed by atoms with Crippen molar-refractivity contribution in [1.82, 2.24) is 14.5 Å². The number of nitrogens with one attached hydrogen (secondary N) is 2. The van der Waals surface area contributed by atoms with Crippen molar-refractivity contribution in [1.29, 1.82) is 0 Å². The van der Waals surface area contributed by atoms with E-state index in [2.05, 4.69) is 25.6 Å². The Kier molecular flexibility index (Phi) is 7.45. The van der Waals surface area contributed by atoms with E-state index in [0.29, 0.717) is 12.4 Å². The van der Waals surface area contributed by atoms with E-state index in [0.717, 1.165) is 60.9 Å². The van der Waals surface area contributed by atoms with Gasteiger partial charge in [0.05, 0.1) is 12.7 Å². The van der Waals surface area contributed by atoms with Gasteiger partial charge in [0.2, 0.25) is 5.88 Å². The van der Waals surface area contributed by atoms with Crippen molar-refractivity contribution < 1.29 is 13.7 Å². The van der Waals surface area contributed by atoms with E-state index in [1.54, 1.807) is 4.68 Å². The van der Waals surface area contributed by atoms with E-state index in [1.165, 1.54) is 28.5 Å². The number of benzene rings is 4. The summed E-state index contributed by atoms with van der Waals surface area (Å²) in [6.45, 7) is 2.46. The minimum Gasteiger partial charge on any atom is -0.472 e. The molecule has 2 aliphatic carbocycles. The molecule has 1 unspecified atom stereocenters. The van der Waals surface area contributed by atoms with Crippen LogP contribution < -0.4 is 14.8 Å². The Labute approximate surface area is 275 Å². The molecule has 2 atom stereocenters. The Morgan fingerprint density at radius 3 is 1.91 bits per heavy atom. The van der Waals surface area contributed by atoms with Gasteiger partial charge in [-0.1, -0.05) is 97.1 Å². The number of hydrogen-bond donors (Lipinski definition) is 2. The number of carbonyl (C=O) groups is 1. The Morgan fingerprint density at radius 1 is 0.851 bits per heavy atom. The van der Waals surface area contributed by atoms with Gasteiger partial charge in [-0.2, -0.15) is 5.10 Å². The highest BCUT2D eigenvalue weighted by molar-refractivity contribution is 7.92. The first-order valence-corrected chi connectivity index (χ1v) is 17.9. The molecule has 47 heavy (non-hydrogen) atoms. The van der Waals surface area contributed by atoms with Crippen molar-refractivity contribution in [2.45, 2.75) is 68.5 Å². The Morgan fingerprint density at radius 2 is 1.38 bits per heavy atom. The zero-order valence-corrected chi connectivity index (χ0v) is 27.1. The van der Waals surface area contributed by atoms with E-state index in [4.69, 9.17) is 4.74 Å². The van der Waals surface area contributed by atoms with Crippen LogP contribution in [0.4, 0.5) is 10.5 Å². The van der Waals surface area contributed by atoms with E-state index in [9.17, 15) is 4.79 Å². The smallest absolute Gasteiger partial charge is 0.354 e. The van der Waals surface area contributed by atoms with E-state index < -0.39 is 21.5 Å². The lowest BCUT2D eigenvalue weighted by Gasteiger charge is -2.37. The van der Waals surface area contributed by atoms with E-state index >= 15 is 4.21 Å². The van der Waals surface area contributed by atoms with Crippen LogP contribution in [0.15, 0.2) is 113 Å². The molecular formula is C38H37N5O3S. The number of fused-ring (bicyclic) bond motifs is 3. The van der Waals surface area contributed by atoms with Gasteiger partial charge < -0.3 is 10.1 Å². The third-order valence-corrected chi connectivity index (χ3v) is 11.5. The maximum absolute atomic E-state index is 15.8. The van der Waals surface area contributed by atoms with Crippen LogP contribution in [0.5, 0.6) is 5.88 Å². The second kappa shape index (κ2) is 11.8. The predicted octanol–water partition coefficient (Wildman–Crippen LogP) is 7.20. The van der Waals surface area contributed by atoms with Gasteiger partial charge in [-0.25, -0.2) is 18.4 Å². The molecule has 0 radical (unpaired) electrons. The van der Waals surface area contributed by atoms with Crippen molar-refractivity contribution in [3.63, 3.8) is 0 Å². The summed E-state index contributed by atoms with van der Waals surface area (Å²) in [5, 5.41) is 7.68.